The van der Waals surface area contributed by atoms with E-state index in [2.05, 4.69) is 60.4 Å². The van der Waals surface area contributed by atoms with Crippen LogP contribution in [0, 0.1) is 0 Å². The molecule has 1 fully saturated rings. The Hall–Kier alpha value is -2.26. The van der Waals surface area contributed by atoms with Crippen LogP contribution in [-0.2, 0) is 0 Å². The highest BCUT2D eigenvalue weighted by atomic mass is 35.5. The zero-order valence-corrected chi connectivity index (χ0v) is 20.7. The summed E-state index contributed by atoms with van der Waals surface area (Å²) in [6.07, 6.45) is 4.87. The topological polar surface area (TPSA) is 12.5 Å². The van der Waals surface area contributed by atoms with E-state index in [4.69, 9.17) is 27.9 Å². The molecular formula is C29H31Cl2NO. The van der Waals surface area contributed by atoms with E-state index in [-0.39, 0.29) is 0 Å². The highest BCUT2D eigenvalue weighted by molar-refractivity contribution is 6.31. The zero-order valence-electron chi connectivity index (χ0n) is 19.2. The first-order valence-corrected chi connectivity index (χ1v) is 12.6. The summed E-state index contributed by atoms with van der Waals surface area (Å²) < 4.78 is 6.06. The van der Waals surface area contributed by atoms with E-state index in [1.807, 2.05) is 24.3 Å². The molecule has 0 atom stereocenters. The molecule has 3 aromatic rings. The second-order valence-corrected chi connectivity index (χ2v) is 9.37. The van der Waals surface area contributed by atoms with Gasteiger partial charge in [0, 0.05) is 16.6 Å². The van der Waals surface area contributed by atoms with Gasteiger partial charge in [-0.05, 0) is 96.6 Å². The quantitative estimate of drug-likeness (QED) is 0.301. The molecule has 0 saturated carbocycles. The fourth-order valence-corrected chi connectivity index (χ4v) is 4.75. The molecule has 3 aromatic carbocycles. The van der Waals surface area contributed by atoms with Crippen molar-refractivity contribution >= 4 is 34.3 Å². The SMILES string of the molecule is CC/C(=C(/c1ccc(Cl)cc1)c1ccc(OCCN2CCCCC2)cc1)c1ccc(Cl)cc1. The largest absolute Gasteiger partial charge is 0.492 e. The molecule has 172 valence electrons. The first-order valence-electron chi connectivity index (χ1n) is 11.8. The fourth-order valence-electron chi connectivity index (χ4n) is 4.50. The molecule has 1 aliphatic rings. The van der Waals surface area contributed by atoms with Crippen LogP contribution in [0.25, 0.3) is 11.1 Å². The van der Waals surface area contributed by atoms with E-state index < -0.39 is 0 Å². The summed E-state index contributed by atoms with van der Waals surface area (Å²) in [6, 6.07) is 24.6. The number of ether oxygens (including phenoxy) is 1. The van der Waals surface area contributed by atoms with Crippen molar-refractivity contribution < 1.29 is 4.74 Å². The summed E-state index contributed by atoms with van der Waals surface area (Å²) in [7, 11) is 0. The van der Waals surface area contributed by atoms with Gasteiger partial charge in [0.15, 0.2) is 0 Å². The number of hydrogen-bond donors (Lipinski definition) is 0. The van der Waals surface area contributed by atoms with Crippen molar-refractivity contribution in [3.05, 3.63) is 99.5 Å². The summed E-state index contributed by atoms with van der Waals surface area (Å²) in [6.45, 7) is 6.31. The van der Waals surface area contributed by atoms with Crippen molar-refractivity contribution in [3.63, 3.8) is 0 Å². The molecule has 0 unspecified atom stereocenters. The molecule has 2 nitrogen and oxygen atoms in total. The zero-order chi connectivity index (χ0) is 23.0. The maximum atomic E-state index is 6.18. The molecule has 1 aliphatic heterocycles. The van der Waals surface area contributed by atoms with Crippen molar-refractivity contribution in [1.82, 2.24) is 4.90 Å². The van der Waals surface area contributed by atoms with E-state index in [9.17, 15) is 0 Å². The molecule has 1 heterocycles. The first kappa shape index (κ1) is 23.9. The molecule has 4 rings (SSSR count). The summed E-state index contributed by atoms with van der Waals surface area (Å²) in [4.78, 5) is 2.50. The highest BCUT2D eigenvalue weighted by Gasteiger charge is 2.14. The van der Waals surface area contributed by atoms with Crippen molar-refractivity contribution in [2.45, 2.75) is 32.6 Å². The monoisotopic (exact) mass is 479 g/mol. The lowest BCUT2D eigenvalue weighted by Gasteiger charge is -2.26. The molecule has 0 aromatic heterocycles. The van der Waals surface area contributed by atoms with Crippen LogP contribution in [0.2, 0.25) is 10.0 Å². The number of benzene rings is 3. The van der Waals surface area contributed by atoms with Crippen LogP contribution in [0.1, 0.15) is 49.3 Å². The van der Waals surface area contributed by atoms with Gasteiger partial charge in [-0.3, -0.25) is 4.90 Å². The third kappa shape index (κ3) is 6.41. The molecule has 0 radical (unpaired) electrons. The molecule has 0 aliphatic carbocycles. The summed E-state index contributed by atoms with van der Waals surface area (Å²) in [5, 5.41) is 1.48. The Morgan fingerprint density at radius 2 is 1.24 bits per heavy atom. The summed E-state index contributed by atoms with van der Waals surface area (Å²) in [5.41, 5.74) is 5.95. The number of nitrogens with zero attached hydrogens (tertiary/aromatic N) is 1. The Kier molecular flexibility index (Phi) is 8.50. The van der Waals surface area contributed by atoms with Crippen LogP contribution in [-0.4, -0.2) is 31.1 Å². The van der Waals surface area contributed by atoms with Gasteiger partial charge in [0.1, 0.15) is 12.4 Å². The van der Waals surface area contributed by atoms with Gasteiger partial charge >= 0.3 is 0 Å². The van der Waals surface area contributed by atoms with Crippen LogP contribution in [0.5, 0.6) is 5.75 Å². The van der Waals surface area contributed by atoms with Gasteiger partial charge in [-0.1, -0.05) is 72.9 Å². The highest BCUT2D eigenvalue weighted by Crippen LogP contribution is 2.35. The minimum Gasteiger partial charge on any atom is -0.492 e. The summed E-state index contributed by atoms with van der Waals surface area (Å²) >= 11 is 12.3. The lowest BCUT2D eigenvalue weighted by Crippen LogP contribution is -2.33. The first-order chi connectivity index (χ1) is 16.1. The maximum absolute atomic E-state index is 6.18. The molecule has 33 heavy (non-hydrogen) atoms. The number of hydrogen-bond acceptors (Lipinski definition) is 2. The van der Waals surface area contributed by atoms with Crippen LogP contribution in [0.15, 0.2) is 72.8 Å². The standard InChI is InChI=1S/C29H31Cl2NO/c1-2-28(22-6-12-25(30)13-7-22)29(23-8-14-26(31)15-9-23)24-10-16-27(17-11-24)33-21-20-32-18-4-3-5-19-32/h6-17H,2-5,18-21H2,1H3/b29-28+. The second-order valence-electron chi connectivity index (χ2n) is 8.50. The van der Waals surface area contributed by atoms with E-state index in [1.165, 1.54) is 49.1 Å². The molecule has 1 saturated heterocycles. The average Bonchev–Trinajstić information content (AvgIpc) is 2.85. The third-order valence-electron chi connectivity index (χ3n) is 6.25. The van der Waals surface area contributed by atoms with E-state index in [0.717, 1.165) is 46.5 Å². The van der Waals surface area contributed by atoms with Crippen molar-refractivity contribution in [2.24, 2.45) is 0 Å². The van der Waals surface area contributed by atoms with Gasteiger partial charge < -0.3 is 4.74 Å². The minimum atomic E-state index is 0.726. The van der Waals surface area contributed by atoms with Crippen molar-refractivity contribution in [2.75, 3.05) is 26.2 Å². The van der Waals surface area contributed by atoms with Gasteiger partial charge in [0.05, 0.1) is 0 Å². The molecule has 0 spiro atoms. The van der Waals surface area contributed by atoms with Crippen molar-refractivity contribution in [1.29, 1.82) is 0 Å². The smallest absolute Gasteiger partial charge is 0.119 e. The van der Waals surface area contributed by atoms with Crippen LogP contribution >= 0.6 is 23.2 Å². The van der Waals surface area contributed by atoms with Crippen LogP contribution < -0.4 is 4.74 Å². The van der Waals surface area contributed by atoms with Gasteiger partial charge in [0.2, 0.25) is 0 Å². The number of likely N-dealkylation sites (tertiary alicyclic amines) is 1. The fraction of sp³-hybridized carbons (Fsp3) is 0.310. The minimum absolute atomic E-state index is 0.726. The number of allylic oxidation sites excluding steroid dienone is 1. The van der Waals surface area contributed by atoms with Crippen LogP contribution in [0.4, 0.5) is 0 Å². The Labute approximate surface area is 207 Å². The number of halogens is 2. The van der Waals surface area contributed by atoms with Crippen molar-refractivity contribution in [3.8, 4) is 5.75 Å². The molecule has 4 heteroatoms. The molecule has 0 N–H and O–H groups in total. The number of rotatable bonds is 8. The normalized spacial score (nSPS) is 15.2. The predicted molar refractivity (Wildman–Crippen MR) is 141 cm³/mol. The van der Waals surface area contributed by atoms with E-state index in [1.54, 1.807) is 0 Å². The van der Waals surface area contributed by atoms with Gasteiger partial charge in [0.25, 0.3) is 0 Å². The summed E-state index contributed by atoms with van der Waals surface area (Å²) in [5.74, 6) is 0.913. The second kappa shape index (κ2) is 11.7. The van der Waals surface area contributed by atoms with Gasteiger partial charge in [-0.2, -0.15) is 0 Å². The average molecular weight is 480 g/mol. The predicted octanol–water partition coefficient (Wildman–Crippen LogP) is 8.23. The van der Waals surface area contributed by atoms with Gasteiger partial charge in [-0.25, -0.2) is 0 Å². The van der Waals surface area contributed by atoms with Crippen LogP contribution in [0.3, 0.4) is 0 Å². The molecule has 0 amide bonds. The number of piperidine rings is 1. The maximum Gasteiger partial charge on any atom is 0.119 e. The van der Waals surface area contributed by atoms with E-state index in [0.29, 0.717) is 0 Å². The lowest BCUT2D eigenvalue weighted by molar-refractivity contribution is 0.183. The Morgan fingerprint density at radius 1 is 0.727 bits per heavy atom. The molecular weight excluding hydrogens is 449 g/mol. The van der Waals surface area contributed by atoms with Gasteiger partial charge in [-0.15, -0.1) is 0 Å². The Morgan fingerprint density at radius 3 is 1.79 bits per heavy atom. The van der Waals surface area contributed by atoms with E-state index >= 15 is 0 Å². The molecule has 0 bridgehead atoms. The Balaban J connectivity index is 1.60. The third-order valence-corrected chi connectivity index (χ3v) is 6.75. The lowest BCUT2D eigenvalue weighted by atomic mass is 9.88. The Bertz CT molecular complexity index is 1050.